The summed E-state index contributed by atoms with van der Waals surface area (Å²) in [6, 6.07) is 51.3. The van der Waals surface area contributed by atoms with E-state index in [0.29, 0.717) is 11.6 Å². The van der Waals surface area contributed by atoms with Gasteiger partial charge in [-0.1, -0.05) is 238 Å². The summed E-state index contributed by atoms with van der Waals surface area (Å²) in [4.78, 5) is 155. The summed E-state index contributed by atoms with van der Waals surface area (Å²) in [6.07, 6.45) is 11.4. The van der Waals surface area contributed by atoms with E-state index >= 15 is 0 Å². The highest BCUT2D eigenvalue weighted by Gasteiger charge is 2.36. The number of carbonyl (C=O) groups is 5. The lowest BCUT2D eigenvalue weighted by Crippen LogP contribution is -2.47. The van der Waals surface area contributed by atoms with Gasteiger partial charge in [0.15, 0.2) is 0 Å². The van der Waals surface area contributed by atoms with E-state index in [0.717, 1.165) is 137 Å². The highest BCUT2D eigenvalue weighted by molar-refractivity contribution is 6.30. The molecular formula is C104H154ClN5O21. The molecular weight excluding hydrogens is 1690 g/mol. The maximum absolute atomic E-state index is 12.9. The molecule has 0 amide bonds. The Morgan fingerprint density at radius 1 is 0.298 bits per heavy atom. The number of unbranched alkanes of at least 4 members (excludes halogenated alkanes) is 5. The fourth-order valence-corrected chi connectivity index (χ4v) is 13.6. The molecule has 0 N–H and O–H groups in total. The van der Waals surface area contributed by atoms with Gasteiger partial charge in [0.05, 0.1) is 30.5 Å². The Hall–Kier alpha value is -11.3. The summed E-state index contributed by atoms with van der Waals surface area (Å²) in [7, 11) is 0. The maximum atomic E-state index is 12.9. The van der Waals surface area contributed by atoms with Gasteiger partial charge in [-0.2, -0.15) is 47.9 Å². The molecule has 0 saturated carbocycles. The lowest BCUT2D eigenvalue weighted by atomic mass is 10.00. The minimum absolute atomic E-state index is 0.0810. The van der Waals surface area contributed by atoms with Gasteiger partial charge in [-0.15, -0.1) is 0 Å². The third-order valence-electron chi connectivity index (χ3n) is 19.0. The molecule has 0 fully saturated rings. The van der Waals surface area contributed by atoms with Gasteiger partial charge in [0.25, 0.3) is 0 Å². The van der Waals surface area contributed by atoms with Gasteiger partial charge in [-0.25, -0.2) is 24.0 Å². The van der Waals surface area contributed by atoms with Gasteiger partial charge in [0.2, 0.25) is 0 Å². The Kier molecular flexibility index (Phi) is 73.4. The number of halogens is 1. The molecule has 728 valence electrons. The molecule has 131 heavy (non-hydrogen) atoms. The fourth-order valence-electron chi connectivity index (χ4n) is 13.4. The summed E-state index contributed by atoms with van der Waals surface area (Å²) < 4.78 is 33.6. The Balaban J connectivity index is -0.000000742. The van der Waals surface area contributed by atoms with E-state index in [2.05, 4.69) is 191 Å². The number of nitrogens with zero attached hydrogens (tertiary/aromatic N) is 5. The minimum Gasteiger partial charge on any atom is -0.489 e. The number of hydrogen-bond acceptors (Lipinski definition) is 26. The predicted octanol–water partition coefficient (Wildman–Crippen LogP) is 21.3. The van der Waals surface area contributed by atoms with Crippen LogP contribution in [0.1, 0.15) is 254 Å². The zero-order chi connectivity index (χ0) is 101. The number of hydrogen-bond donors (Lipinski definition) is 0. The summed E-state index contributed by atoms with van der Waals surface area (Å²) in [5.41, 5.74) is 8.87. The van der Waals surface area contributed by atoms with E-state index in [1.807, 2.05) is 178 Å². The molecule has 0 spiro atoms. The fraction of sp³-hybridized carbons (Fsp3) is 0.558. The topological polar surface area (TPSA) is 328 Å². The van der Waals surface area contributed by atoms with Gasteiger partial charge >= 0.3 is 60.6 Å². The lowest BCUT2D eigenvalue weighted by Gasteiger charge is -2.36. The van der Waals surface area contributed by atoms with Crippen molar-refractivity contribution in [2.24, 2.45) is 29.6 Å². The van der Waals surface area contributed by atoms with Crippen LogP contribution in [0.2, 0.25) is 5.02 Å². The molecule has 0 heterocycles. The molecule has 0 saturated heterocycles. The SMILES string of the molecule is CCCCN(c1ccc(C)cc1)C(C(=O)OC(C)C)C(C)C.CCCCN(c1ccc(Cl)cc1)C(C(=O)OC(C)C)C(C)C.CCCCN(c1cccc(OCc2ccccc2)c1)C(C(=O)OC(C)C)C(C)C.CCCCN(c1ccccc1)C(C(=O)OC(C)C)C(C)C.CCCCN(c1ccccc1C)C(C(=O)OC(C)C)C(C)C.O=C=O.O=C=O.O=C=O.O=C=O.O=C=O. The molecule has 0 aliphatic carbocycles. The maximum Gasteiger partial charge on any atom is 0.373 e. The first-order chi connectivity index (χ1) is 62.1. The molecule has 6 rings (SSSR count). The molecule has 5 atom stereocenters. The molecule has 0 bridgehead atoms. The molecule has 27 heteroatoms. The van der Waals surface area contributed by atoms with Crippen LogP contribution in [0.5, 0.6) is 5.75 Å². The van der Waals surface area contributed by atoms with Crippen LogP contribution in [-0.2, 0) is 102 Å². The minimum atomic E-state index is -0.326. The van der Waals surface area contributed by atoms with Crippen LogP contribution < -0.4 is 29.2 Å². The average molecular weight is 1850 g/mol. The van der Waals surface area contributed by atoms with Gasteiger partial charge in [-0.3, -0.25) is 0 Å². The zero-order valence-corrected chi connectivity index (χ0v) is 83.9. The van der Waals surface area contributed by atoms with Gasteiger partial charge in [0, 0.05) is 72.2 Å². The van der Waals surface area contributed by atoms with Gasteiger partial charge in [0.1, 0.15) is 42.6 Å². The van der Waals surface area contributed by atoms with Gasteiger partial charge < -0.3 is 52.9 Å². The third kappa shape index (κ3) is 55.4. The Bertz CT molecular complexity index is 4010. The van der Waals surface area contributed by atoms with Crippen LogP contribution in [0.25, 0.3) is 0 Å². The summed E-state index contributed by atoms with van der Waals surface area (Å²) in [5, 5.41) is 0.699. The number of rotatable bonds is 43. The molecule has 26 nitrogen and oxygen atoms in total. The average Bonchev–Trinajstić information content (AvgIpc) is 0.827. The van der Waals surface area contributed by atoms with E-state index in [4.69, 9.17) is 88.0 Å². The van der Waals surface area contributed by atoms with E-state index in [-0.39, 0.29) is 151 Å². The van der Waals surface area contributed by atoms with E-state index in [1.165, 1.54) is 11.1 Å². The van der Waals surface area contributed by atoms with Crippen LogP contribution in [0.4, 0.5) is 28.4 Å². The van der Waals surface area contributed by atoms with Crippen molar-refractivity contribution in [3.8, 4) is 5.75 Å². The number of ether oxygens (including phenoxy) is 6. The summed E-state index contributed by atoms with van der Waals surface area (Å²) >= 11 is 5.98. The molecule has 0 radical (unpaired) electrons. The summed E-state index contributed by atoms with van der Waals surface area (Å²) in [6.45, 7) is 59.5. The van der Waals surface area contributed by atoms with Crippen LogP contribution in [0.15, 0.2) is 158 Å². The van der Waals surface area contributed by atoms with Crippen molar-refractivity contribution in [1.82, 2.24) is 0 Å². The first-order valence-corrected chi connectivity index (χ1v) is 46.0. The standard InChI is InChI=1S/C25H35NO3.2C19H31NO2.C18H28ClNO2.C18H29NO2.5CO2/c1-6-7-16-26(24(19(2)3)25(27)29-20(4)5)22-14-11-15-23(17-22)28-18-21-12-9-8-10-13-21;1-7-8-13-20(17-11-9-16(6)10-12-17)18(14(2)3)19(21)22-15(4)5;1-7-8-13-20(17-12-10-9-11-16(17)6)18(14(2)3)19(21)22-15(4)5;1-6-7-12-20(16-10-8-15(19)9-11-16)17(13(2)3)18(21)22-14(4)5;1-6-7-13-19(16-11-9-8-10-12-16)17(14(2)3)18(20)21-15(4)5;5*2-1-3/h8-15,17,19-20,24H,6-7,16,18H2,1-5H3;2*9-12,14-15,18H,7-8,13H2,1-6H3;8-11,13-14,17H,6-7,12H2,1-5H3;8-12,14-15,17H,6-7,13H2,1-5H3;;;;;. The highest BCUT2D eigenvalue weighted by Crippen LogP contribution is 2.32. The van der Waals surface area contributed by atoms with Gasteiger partial charge in [-0.05, 0) is 223 Å². The van der Waals surface area contributed by atoms with Crippen molar-refractivity contribution >= 4 is 101 Å². The quantitative estimate of drug-likeness (QED) is 0.0253. The first-order valence-electron chi connectivity index (χ1n) is 45.6. The van der Waals surface area contributed by atoms with Crippen molar-refractivity contribution in [1.29, 1.82) is 0 Å². The zero-order valence-electron chi connectivity index (χ0n) is 83.2. The predicted molar refractivity (Wildman–Crippen MR) is 513 cm³/mol. The number of esters is 5. The largest absolute Gasteiger partial charge is 0.489 e. The number of para-hydroxylation sites is 2. The van der Waals surface area contributed by atoms with Crippen LogP contribution in [0.3, 0.4) is 0 Å². The van der Waals surface area contributed by atoms with E-state index in [1.54, 1.807) is 0 Å². The Labute approximate surface area is 787 Å². The smallest absolute Gasteiger partial charge is 0.373 e. The Morgan fingerprint density at radius 2 is 0.542 bits per heavy atom. The van der Waals surface area contributed by atoms with E-state index in [9.17, 15) is 24.0 Å². The highest BCUT2D eigenvalue weighted by atomic mass is 35.5. The van der Waals surface area contributed by atoms with Crippen LogP contribution in [0, 0.1) is 43.4 Å². The molecule has 0 aliphatic rings. The lowest BCUT2D eigenvalue weighted by molar-refractivity contribution is -0.193. The number of anilines is 5. The third-order valence-corrected chi connectivity index (χ3v) is 19.3. The summed E-state index contributed by atoms with van der Waals surface area (Å²) in [5.74, 6) is 1.00. The molecule has 6 aromatic carbocycles. The second-order valence-electron chi connectivity index (χ2n) is 33.7. The van der Waals surface area contributed by atoms with E-state index < -0.39 is 0 Å². The monoisotopic (exact) mass is 1840 g/mol. The number of aryl methyl sites for hydroxylation is 2. The normalized spacial score (nSPS) is 11.3. The van der Waals surface area contributed by atoms with Crippen LogP contribution >= 0.6 is 11.6 Å². The van der Waals surface area contributed by atoms with Crippen molar-refractivity contribution in [2.75, 3.05) is 57.2 Å². The Morgan fingerprint density at radius 3 is 0.824 bits per heavy atom. The van der Waals surface area contributed by atoms with Crippen molar-refractivity contribution < 1.29 is 100 Å². The number of benzene rings is 6. The second-order valence-corrected chi connectivity index (χ2v) is 34.2. The number of carbonyl (C=O) groups excluding carboxylic acids is 15. The van der Waals surface area contributed by atoms with Crippen molar-refractivity contribution in [3.05, 3.63) is 179 Å². The van der Waals surface area contributed by atoms with Crippen LogP contribution in [-0.4, -0.2) is 154 Å². The molecule has 0 aliphatic heterocycles. The molecule has 6 aromatic rings. The molecule has 0 aromatic heterocycles. The first kappa shape index (κ1) is 126. The van der Waals surface area contributed by atoms with Crippen molar-refractivity contribution in [2.45, 2.75) is 318 Å². The second kappa shape index (κ2) is 76.4. The molecule has 5 unspecified atom stereocenters. The van der Waals surface area contributed by atoms with Crippen molar-refractivity contribution in [3.63, 3.8) is 0 Å².